The van der Waals surface area contributed by atoms with Crippen molar-refractivity contribution in [2.24, 2.45) is 0 Å². The van der Waals surface area contributed by atoms with Crippen molar-refractivity contribution < 1.29 is 36.6 Å². The molecule has 5 nitrogen and oxygen atoms in total. The fraction of sp³-hybridized carbons (Fsp3) is 0.417. The van der Waals surface area contributed by atoms with Gasteiger partial charge in [-0.1, -0.05) is 0 Å². The molecule has 0 spiro atoms. The number of methoxy groups -OCH3 is 1. The maximum absolute atomic E-state index is 13.4. The number of halogens is 5. The summed E-state index contributed by atoms with van der Waals surface area (Å²) in [5.41, 5.74) is -0.311. The van der Waals surface area contributed by atoms with E-state index in [2.05, 4.69) is 4.74 Å². The van der Waals surface area contributed by atoms with Gasteiger partial charge in [0.2, 0.25) is 0 Å². The Morgan fingerprint density at radius 3 is 2.27 bits per heavy atom. The molecule has 1 aromatic rings. The van der Waals surface area contributed by atoms with Crippen LogP contribution in [0.4, 0.5) is 32.4 Å². The van der Waals surface area contributed by atoms with Crippen LogP contribution in [0.1, 0.15) is 0 Å². The third-order valence-corrected chi connectivity index (χ3v) is 2.63. The quantitative estimate of drug-likeness (QED) is 0.834. The first-order valence-corrected chi connectivity index (χ1v) is 5.86. The van der Waals surface area contributed by atoms with Crippen LogP contribution < -0.4 is 10.1 Å². The Morgan fingerprint density at radius 2 is 1.86 bits per heavy atom. The van der Waals surface area contributed by atoms with Gasteiger partial charge < -0.3 is 20.1 Å². The van der Waals surface area contributed by atoms with Crippen molar-refractivity contribution in [3.8, 4) is 5.75 Å². The van der Waals surface area contributed by atoms with Crippen molar-refractivity contribution in [2.45, 2.75) is 12.3 Å². The van der Waals surface area contributed by atoms with Crippen LogP contribution in [-0.2, 0) is 0 Å². The largest absolute Gasteiger partial charge is 0.491 e. The van der Waals surface area contributed by atoms with Gasteiger partial charge in [-0.15, -0.1) is 0 Å². The number of ether oxygens (including phenoxy) is 1. The number of aliphatic hydroxyl groups is 1. The van der Waals surface area contributed by atoms with Gasteiger partial charge in [-0.3, -0.25) is 0 Å². The molecule has 0 saturated heterocycles. The Bertz CT molecular complexity index is 527. The lowest BCUT2D eigenvalue weighted by Gasteiger charge is -2.22. The predicted octanol–water partition coefficient (Wildman–Crippen LogP) is 2.36. The van der Waals surface area contributed by atoms with Crippen molar-refractivity contribution in [3.05, 3.63) is 23.8 Å². The van der Waals surface area contributed by atoms with Crippen molar-refractivity contribution >= 4 is 11.7 Å². The highest BCUT2D eigenvalue weighted by Gasteiger charge is 2.39. The van der Waals surface area contributed by atoms with E-state index in [1.165, 1.54) is 0 Å². The summed E-state index contributed by atoms with van der Waals surface area (Å²) < 4.78 is 67.8. The minimum atomic E-state index is -4.88. The molecule has 0 aliphatic heterocycles. The lowest BCUT2D eigenvalue weighted by atomic mass is 10.2. The fourth-order valence-electron chi connectivity index (χ4n) is 1.49. The average molecular weight is 328 g/mol. The number of hydrogen-bond acceptors (Lipinski definition) is 3. The van der Waals surface area contributed by atoms with Crippen LogP contribution in [0.5, 0.6) is 5.75 Å². The van der Waals surface area contributed by atoms with Gasteiger partial charge in [0.1, 0.15) is 0 Å². The Kier molecular flexibility index (Phi) is 5.53. The summed E-state index contributed by atoms with van der Waals surface area (Å²) in [6.07, 6.45) is -7.61. The highest BCUT2D eigenvalue weighted by molar-refractivity contribution is 5.89. The van der Waals surface area contributed by atoms with E-state index < -0.39 is 42.2 Å². The number of aliphatic hydroxyl groups excluding tert-OH is 1. The van der Waals surface area contributed by atoms with Gasteiger partial charge in [-0.25, -0.2) is 13.6 Å². The first-order chi connectivity index (χ1) is 10.1. The minimum absolute atomic E-state index is 0.311. The van der Waals surface area contributed by atoms with E-state index in [4.69, 9.17) is 5.11 Å². The Labute approximate surface area is 122 Å². The number of carbonyl (C=O) groups excluding carboxylic acids is 1. The smallest absolute Gasteiger partial charge is 0.416 e. The van der Waals surface area contributed by atoms with Crippen LogP contribution in [0.2, 0.25) is 0 Å². The molecule has 0 aliphatic carbocycles. The van der Waals surface area contributed by atoms with E-state index in [1.54, 1.807) is 0 Å². The van der Waals surface area contributed by atoms with E-state index in [0.29, 0.717) is 4.90 Å². The van der Waals surface area contributed by atoms with Crippen LogP contribution >= 0.6 is 0 Å². The number of amides is 2. The molecule has 0 aliphatic rings. The number of nitrogens with zero attached hydrogens (tertiary/aromatic N) is 1. The molecule has 0 radical (unpaired) electrons. The van der Waals surface area contributed by atoms with Gasteiger partial charge >= 0.3 is 12.2 Å². The second-order valence-corrected chi connectivity index (χ2v) is 4.34. The SMILES string of the molecule is COc1c(F)cc(NC(=O)N(C)CC(O)C(F)(F)F)cc1F. The number of rotatable bonds is 4. The molecule has 0 bridgehead atoms. The van der Waals surface area contributed by atoms with Gasteiger partial charge in [-0.2, -0.15) is 13.2 Å². The molecule has 1 unspecified atom stereocenters. The zero-order valence-corrected chi connectivity index (χ0v) is 11.5. The van der Waals surface area contributed by atoms with Gasteiger partial charge in [0.15, 0.2) is 23.5 Å². The number of likely N-dealkylation sites (N-methyl/N-ethyl adjacent to an activating group) is 1. The predicted molar refractivity (Wildman–Crippen MR) is 66.6 cm³/mol. The molecule has 0 fully saturated rings. The lowest BCUT2D eigenvalue weighted by molar-refractivity contribution is -0.205. The Hall–Kier alpha value is -2.10. The summed E-state index contributed by atoms with van der Waals surface area (Å²) in [5, 5.41) is 10.8. The Morgan fingerprint density at radius 1 is 1.36 bits per heavy atom. The first kappa shape index (κ1) is 18.0. The van der Waals surface area contributed by atoms with E-state index >= 15 is 0 Å². The molecule has 1 aromatic carbocycles. The number of nitrogens with one attached hydrogen (secondary N) is 1. The monoisotopic (exact) mass is 328 g/mol. The molecule has 2 N–H and O–H groups in total. The normalized spacial score (nSPS) is 12.7. The summed E-state index contributed by atoms with van der Waals surface area (Å²) in [4.78, 5) is 12.1. The molecule has 124 valence electrons. The van der Waals surface area contributed by atoms with Gasteiger partial charge in [0.05, 0.1) is 13.7 Å². The maximum Gasteiger partial charge on any atom is 0.416 e. The molecule has 10 heteroatoms. The topological polar surface area (TPSA) is 61.8 Å². The number of alkyl halides is 3. The molecule has 0 saturated carbocycles. The van der Waals surface area contributed by atoms with Crippen LogP contribution in [0.3, 0.4) is 0 Å². The lowest BCUT2D eigenvalue weighted by Crippen LogP contribution is -2.43. The molecule has 2 amide bonds. The number of anilines is 1. The van der Waals surface area contributed by atoms with E-state index in [0.717, 1.165) is 26.3 Å². The molecule has 22 heavy (non-hydrogen) atoms. The average Bonchev–Trinajstić information content (AvgIpc) is 2.36. The molecule has 1 rings (SSSR count). The van der Waals surface area contributed by atoms with Gasteiger partial charge in [0, 0.05) is 24.9 Å². The van der Waals surface area contributed by atoms with Gasteiger partial charge in [0.25, 0.3) is 0 Å². The summed E-state index contributed by atoms with van der Waals surface area (Å²) in [7, 11) is 2.03. The van der Waals surface area contributed by atoms with E-state index in [9.17, 15) is 26.7 Å². The van der Waals surface area contributed by atoms with Crippen molar-refractivity contribution in [1.29, 1.82) is 0 Å². The standard InChI is InChI=1S/C12H13F5N2O3/c1-19(5-9(20)12(15,16)17)11(21)18-6-3-7(13)10(22-2)8(14)4-6/h3-4,9,20H,5H2,1-2H3,(H,18,21). The fourth-order valence-corrected chi connectivity index (χ4v) is 1.49. The van der Waals surface area contributed by atoms with Crippen LogP contribution in [0, 0.1) is 11.6 Å². The Balaban J connectivity index is 2.77. The molecule has 0 aromatic heterocycles. The van der Waals surface area contributed by atoms with Crippen LogP contribution in [0.25, 0.3) is 0 Å². The van der Waals surface area contributed by atoms with Crippen LogP contribution in [0.15, 0.2) is 12.1 Å². The van der Waals surface area contributed by atoms with Gasteiger partial charge in [-0.05, 0) is 0 Å². The zero-order chi connectivity index (χ0) is 17.1. The highest BCUT2D eigenvalue weighted by atomic mass is 19.4. The molecule has 0 heterocycles. The number of carbonyl (C=O) groups is 1. The minimum Gasteiger partial charge on any atom is -0.491 e. The number of benzene rings is 1. The zero-order valence-electron chi connectivity index (χ0n) is 11.5. The second kappa shape index (κ2) is 6.77. The third-order valence-electron chi connectivity index (χ3n) is 2.63. The number of urea groups is 1. The first-order valence-electron chi connectivity index (χ1n) is 5.86. The van der Waals surface area contributed by atoms with Crippen molar-refractivity contribution in [1.82, 2.24) is 4.90 Å². The maximum atomic E-state index is 13.4. The van der Waals surface area contributed by atoms with E-state index in [1.807, 2.05) is 5.32 Å². The summed E-state index contributed by atoms with van der Waals surface area (Å²) >= 11 is 0. The second-order valence-electron chi connectivity index (χ2n) is 4.34. The van der Waals surface area contributed by atoms with Crippen molar-refractivity contribution in [3.63, 3.8) is 0 Å². The number of hydrogen-bond donors (Lipinski definition) is 2. The molecular weight excluding hydrogens is 315 g/mol. The third kappa shape index (κ3) is 4.45. The summed E-state index contributed by atoms with van der Waals surface area (Å²) in [5.74, 6) is -2.83. The summed E-state index contributed by atoms with van der Waals surface area (Å²) in [6, 6.07) is 0.411. The highest BCUT2D eigenvalue weighted by Crippen LogP contribution is 2.25. The van der Waals surface area contributed by atoms with Crippen LogP contribution in [-0.4, -0.2) is 49.0 Å². The molecule has 1 atom stereocenters. The van der Waals surface area contributed by atoms with Crippen molar-refractivity contribution in [2.75, 3.05) is 26.0 Å². The summed E-state index contributed by atoms with van der Waals surface area (Å²) in [6.45, 7) is -1.03. The van der Waals surface area contributed by atoms with E-state index in [-0.39, 0.29) is 5.69 Å². The molecular formula is C12H13F5N2O3.